The van der Waals surface area contributed by atoms with Crippen molar-refractivity contribution in [2.24, 2.45) is 0 Å². The van der Waals surface area contributed by atoms with Crippen molar-refractivity contribution in [3.05, 3.63) is 42.0 Å². The zero-order valence-electron chi connectivity index (χ0n) is 10.9. The van der Waals surface area contributed by atoms with Crippen LogP contribution >= 0.6 is 0 Å². The van der Waals surface area contributed by atoms with Crippen molar-refractivity contribution in [1.82, 2.24) is 14.5 Å². The smallest absolute Gasteiger partial charge is 0.240 e. The Morgan fingerprint density at radius 2 is 2.20 bits per heavy atom. The molecule has 0 aliphatic rings. The Labute approximate surface area is 116 Å². The first-order valence-corrected chi connectivity index (χ1v) is 7.41. The van der Waals surface area contributed by atoms with Crippen LogP contribution in [0.25, 0.3) is 0 Å². The van der Waals surface area contributed by atoms with Gasteiger partial charge in [-0.05, 0) is 30.7 Å². The van der Waals surface area contributed by atoms with E-state index in [1.807, 2.05) is 0 Å². The molecule has 1 aromatic carbocycles. The molecular weight excluding hydrogens is 283 g/mol. The van der Waals surface area contributed by atoms with Crippen molar-refractivity contribution in [3.8, 4) is 0 Å². The Bertz CT molecular complexity index is 698. The van der Waals surface area contributed by atoms with Crippen LogP contribution in [-0.2, 0) is 16.6 Å². The second kappa shape index (κ2) is 5.59. The first kappa shape index (κ1) is 14.5. The summed E-state index contributed by atoms with van der Waals surface area (Å²) in [5.74, 6) is -0.627. The molecule has 0 unspecified atom stereocenters. The van der Waals surface area contributed by atoms with Gasteiger partial charge in [-0.1, -0.05) is 0 Å². The largest absolute Gasteiger partial charge is 0.396 e. The van der Waals surface area contributed by atoms with Crippen LogP contribution in [-0.4, -0.2) is 24.7 Å². The highest BCUT2D eigenvalue weighted by molar-refractivity contribution is 7.89. The molecule has 108 valence electrons. The third kappa shape index (κ3) is 3.14. The second-order valence-electron chi connectivity index (χ2n) is 4.31. The number of hydrogen-bond donors (Lipinski definition) is 2. The molecule has 0 aliphatic carbocycles. The summed E-state index contributed by atoms with van der Waals surface area (Å²) in [4.78, 5) is -0.0168. The van der Waals surface area contributed by atoms with Crippen molar-refractivity contribution >= 4 is 15.7 Å². The molecule has 1 heterocycles. The Hall–Kier alpha value is -1.93. The molecule has 0 saturated heterocycles. The first-order chi connectivity index (χ1) is 9.40. The van der Waals surface area contributed by atoms with E-state index in [0.717, 1.165) is 12.1 Å². The van der Waals surface area contributed by atoms with Gasteiger partial charge in [0.05, 0.1) is 17.1 Å². The maximum absolute atomic E-state index is 13.2. The number of halogens is 1. The fourth-order valence-corrected chi connectivity index (χ4v) is 3.04. The Balaban J connectivity index is 2.12. The standard InChI is InChI=1S/C12H15FN4O2S/c1-9-7-10(13)11(14)8-12(9)20(18,19)16-4-6-17-5-2-3-15-17/h2-3,5,7-8,16H,4,6,14H2,1H3. The van der Waals surface area contributed by atoms with Gasteiger partial charge in [0.25, 0.3) is 0 Å². The SMILES string of the molecule is Cc1cc(F)c(N)cc1S(=O)(=O)NCCn1cccn1. The summed E-state index contributed by atoms with van der Waals surface area (Å²) < 4.78 is 41.5. The topological polar surface area (TPSA) is 90.0 Å². The molecule has 0 amide bonds. The van der Waals surface area contributed by atoms with Crippen LogP contribution in [0.5, 0.6) is 0 Å². The van der Waals surface area contributed by atoms with Crippen molar-refractivity contribution < 1.29 is 12.8 Å². The minimum absolute atomic E-state index is 0.0168. The van der Waals surface area contributed by atoms with Gasteiger partial charge in [-0.3, -0.25) is 4.68 Å². The quantitative estimate of drug-likeness (QED) is 0.802. The number of nitrogen functional groups attached to an aromatic ring is 1. The highest BCUT2D eigenvalue weighted by atomic mass is 32.2. The highest BCUT2D eigenvalue weighted by Gasteiger charge is 2.18. The normalized spacial score (nSPS) is 11.7. The molecular formula is C12H15FN4O2S. The summed E-state index contributed by atoms with van der Waals surface area (Å²) in [6.45, 7) is 2.10. The van der Waals surface area contributed by atoms with Crippen molar-refractivity contribution in [1.29, 1.82) is 0 Å². The number of hydrogen-bond acceptors (Lipinski definition) is 4. The Morgan fingerprint density at radius 3 is 2.85 bits per heavy atom. The molecule has 0 atom stereocenters. The fourth-order valence-electron chi connectivity index (χ4n) is 1.76. The van der Waals surface area contributed by atoms with E-state index in [9.17, 15) is 12.8 Å². The van der Waals surface area contributed by atoms with E-state index in [0.29, 0.717) is 12.1 Å². The molecule has 0 saturated carbocycles. The Kier molecular flexibility index (Phi) is 4.05. The van der Waals surface area contributed by atoms with Crippen molar-refractivity contribution in [2.75, 3.05) is 12.3 Å². The van der Waals surface area contributed by atoms with Crippen molar-refractivity contribution in [3.63, 3.8) is 0 Å². The highest BCUT2D eigenvalue weighted by Crippen LogP contribution is 2.21. The molecule has 8 heteroatoms. The van der Waals surface area contributed by atoms with Crippen LogP contribution in [0.1, 0.15) is 5.56 Å². The predicted octanol–water partition coefficient (Wildman–Crippen LogP) is 0.891. The van der Waals surface area contributed by atoms with Crippen LogP contribution < -0.4 is 10.5 Å². The van der Waals surface area contributed by atoms with E-state index in [1.165, 1.54) is 6.92 Å². The minimum atomic E-state index is -3.72. The molecule has 0 bridgehead atoms. The molecule has 2 rings (SSSR count). The lowest BCUT2D eigenvalue weighted by atomic mass is 10.2. The predicted molar refractivity (Wildman–Crippen MR) is 73.0 cm³/mol. The average Bonchev–Trinajstić information content (AvgIpc) is 2.86. The summed E-state index contributed by atoms with van der Waals surface area (Å²) in [6.07, 6.45) is 3.34. The van der Waals surface area contributed by atoms with Gasteiger partial charge in [0.2, 0.25) is 10.0 Å². The summed E-state index contributed by atoms with van der Waals surface area (Å²) >= 11 is 0. The number of anilines is 1. The molecule has 3 N–H and O–H groups in total. The molecule has 2 aromatic rings. The maximum atomic E-state index is 13.2. The van der Waals surface area contributed by atoms with E-state index in [-0.39, 0.29) is 17.1 Å². The number of aryl methyl sites for hydroxylation is 1. The van der Waals surface area contributed by atoms with Crippen molar-refractivity contribution in [2.45, 2.75) is 18.4 Å². The molecule has 20 heavy (non-hydrogen) atoms. The third-order valence-electron chi connectivity index (χ3n) is 2.78. The number of nitrogens with zero attached hydrogens (tertiary/aromatic N) is 2. The van der Waals surface area contributed by atoms with E-state index >= 15 is 0 Å². The Morgan fingerprint density at radius 1 is 1.45 bits per heavy atom. The van der Waals surface area contributed by atoms with E-state index in [4.69, 9.17) is 5.73 Å². The molecule has 6 nitrogen and oxygen atoms in total. The van der Waals surface area contributed by atoms with Crippen LogP contribution in [0, 0.1) is 12.7 Å². The number of nitrogens with two attached hydrogens (primary N) is 1. The number of rotatable bonds is 5. The van der Waals surface area contributed by atoms with Gasteiger partial charge < -0.3 is 5.73 Å². The van der Waals surface area contributed by atoms with E-state index in [1.54, 1.807) is 23.1 Å². The summed E-state index contributed by atoms with van der Waals surface area (Å²) in [6, 6.07) is 3.98. The number of nitrogens with one attached hydrogen (secondary N) is 1. The van der Waals surface area contributed by atoms with Gasteiger partial charge in [0.15, 0.2) is 0 Å². The van der Waals surface area contributed by atoms with Crippen LogP contribution in [0.3, 0.4) is 0 Å². The lowest BCUT2D eigenvalue weighted by Crippen LogP contribution is -2.28. The van der Waals surface area contributed by atoms with Gasteiger partial charge in [0, 0.05) is 18.9 Å². The summed E-state index contributed by atoms with van der Waals surface area (Å²) in [7, 11) is -3.72. The van der Waals surface area contributed by atoms with Gasteiger partial charge in [0.1, 0.15) is 5.82 Å². The molecule has 0 spiro atoms. The van der Waals surface area contributed by atoms with Gasteiger partial charge in [-0.2, -0.15) is 5.10 Å². The first-order valence-electron chi connectivity index (χ1n) is 5.93. The molecule has 0 fully saturated rings. The van der Waals surface area contributed by atoms with E-state index in [2.05, 4.69) is 9.82 Å². The minimum Gasteiger partial charge on any atom is -0.396 e. The van der Waals surface area contributed by atoms with Gasteiger partial charge >= 0.3 is 0 Å². The molecule has 1 aromatic heterocycles. The number of sulfonamides is 1. The summed E-state index contributed by atoms with van der Waals surface area (Å²) in [5, 5.41) is 3.96. The van der Waals surface area contributed by atoms with Crippen LogP contribution in [0.4, 0.5) is 10.1 Å². The fraction of sp³-hybridized carbons (Fsp3) is 0.250. The van der Waals surface area contributed by atoms with Gasteiger partial charge in [-0.15, -0.1) is 0 Å². The van der Waals surface area contributed by atoms with Crippen LogP contribution in [0.15, 0.2) is 35.5 Å². The lowest BCUT2D eigenvalue weighted by molar-refractivity contribution is 0.560. The lowest BCUT2D eigenvalue weighted by Gasteiger charge is -2.10. The second-order valence-corrected chi connectivity index (χ2v) is 6.04. The molecule has 0 aliphatic heterocycles. The maximum Gasteiger partial charge on any atom is 0.240 e. The monoisotopic (exact) mass is 298 g/mol. The van der Waals surface area contributed by atoms with E-state index < -0.39 is 15.8 Å². The van der Waals surface area contributed by atoms with Gasteiger partial charge in [-0.25, -0.2) is 17.5 Å². The molecule has 0 radical (unpaired) electrons. The summed E-state index contributed by atoms with van der Waals surface area (Å²) in [5.41, 5.74) is 5.53. The number of aromatic nitrogens is 2. The zero-order valence-corrected chi connectivity index (χ0v) is 11.7. The number of benzene rings is 1. The third-order valence-corrected chi connectivity index (χ3v) is 4.38. The zero-order chi connectivity index (χ0) is 14.8. The van der Waals surface area contributed by atoms with Crippen LogP contribution in [0.2, 0.25) is 0 Å². The average molecular weight is 298 g/mol.